The Morgan fingerprint density at radius 1 is 1.00 bits per heavy atom. The molecule has 5 heteroatoms. The quantitative estimate of drug-likeness (QED) is 0.851. The topological polar surface area (TPSA) is 32.3 Å². The van der Waals surface area contributed by atoms with Gasteiger partial charge in [0.25, 0.3) is 0 Å². The molecule has 1 saturated heterocycles. The van der Waals surface area contributed by atoms with Gasteiger partial charge in [-0.2, -0.15) is 0 Å². The Morgan fingerprint density at radius 2 is 1.65 bits per heavy atom. The molecule has 2 aromatic rings. The smallest absolute Gasteiger partial charge is 0.225 e. The maximum absolute atomic E-state index is 6.10. The van der Waals surface area contributed by atoms with Gasteiger partial charge in [-0.1, -0.05) is 17.7 Å². The van der Waals surface area contributed by atoms with E-state index in [1.165, 1.54) is 11.3 Å². The zero-order valence-electron chi connectivity index (χ0n) is 11.5. The number of piperazine rings is 1. The van der Waals surface area contributed by atoms with E-state index in [4.69, 9.17) is 11.6 Å². The number of hydrogen-bond donors (Lipinski definition) is 0. The fourth-order valence-corrected chi connectivity index (χ4v) is 2.69. The second-order valence-electron chi connectivity index (χ2n) is 4.95. The minimum atomic E-state index is 0.791. The lowest BCUT2D eigenvalue weighted by Crippen LogP contribution is -2.47. The Bertz CT molecular complexity index is 580. The summed E-state index contributed by atoms with van der Waals surface area (Å²) in [4.78, 5) is 13.2. The first-order valence-electron chi connectivity index (χ1n) is 6.77. The molecule has 2 heterocycles. The molecule has 0 saturated carbocycles. The summed E-state index contributed by atoms with van der Waals surface area (Å²) in [6.45, 7) is 5.89. The molecule has 1 aliphatic rings. The van der Waals surface area contributed by atoms with Crippen LogP contribution in [0.1, 0.15) is 5.56 Å². The number of aryl methyl sites for hydroxylation is 1. The van der Waals surface area contributed by atoms with Crippen LogP contribution in [0.25, 0.3) is 0 Å². The predicted molar refractivity (Wildman–Crippen MR) is 82.6 cm³/mol. The molecular weight excluding hydrogens is 272 g/mol. The highest BCUT2D eigenvalue weighted by Crippen LogP contribution is 2.25. The molecular formula is C15H17ClN4. The van der Waals surface area contributed by atoms with Crippen molar-refractivity contribution >= 4 is 23.2 Å². The molecule has 0 unspecified atom stereocenters. The number of nitrogens with zero attached hydrogens (tertiary/aromatic N) is 4. The highest BCUT2D eigenvalue weighted by Gasteiger charge is 2.20. The van der Waals surface area contributed by atoms with E-state index in [9.17, 15) is 0 Å². The molecule has 1 aromatic heterocycles. The Kier molecular flexibility index (Phi) is 3.74. The largest absolute Gasteiger partial charge is 0.368 e. The molecule has 0 atom stereocenters. The molecule has 1 fully saturated rings. The third-order valence-electron chi connectivity index (χ3n) is 3.63. The van der Waals surface area contributed by atoms with Crippen molar-refractivity contribution < 1.29 is 0 Å². The number of hydrogen-bond acceptors (Lipinski definition) is 4. The van der Waals surface area contributed by atoms with E-state index in [2.05, 4.69) is 32.8 Å². The molecule has 0 aliphatic carbocycles. The van der Waals surface area contributed by atoms with Crippen LogP contribution in [0.4, 0.5) is 11.6 Å². The molecule has 4 nitrogen and oxygen atoms in total. The average Bonchev–Trinajstić information content (AvgIpc) is 2.51. The van der Waals surface area contributed by atoms with Crippen LogP contribution in [0.15, 0.2) is 36.7 Å². The molecule has 0 amide bonds. The Morgan fingerprint density at radius 3 is 2.35 bits per heavy atom. The van der Waals surface area contributed by atoms with Gasteiger partial charge in [0.15, 0.2) is 0 Å². The van der Waals surface area contributed by atoms with Crippen LogP contribution in [0.5, 0.6) is 0 Å². The number of rotatable bonds is 2. The predicted octanol–water partition coefficient (Wildman–Crippen LogP) is 2.77. The third kappa shape index (κ3) is 2.70. The lowest BCUT2D eigenvalue weighted by molar-refractivity contribution is 0.639. The summed E-state index contributed by atoms with van der Waals surface area (Å²) in [5.41, 5.74) is 2.49. The molecule has 0 spiro atoms. The van der Waals surface area contributed by atoms with E-state index >= 15 is 0 Å². The van der Waals surface area contributed by atoms with Gasteiger partial charge < -0.3 is 9.80 Å². The van der Waals surface area contributed by atoms with E-state index in [0.717, 1.165) is 37.1 Å². The van der Waals surface area contributed by atoms with Crippen LogP contribution in [-0.4, -0.2) is 36.1 Å². The van der Waals surface area contributed by atoms with Crippen molar-refractivity contribution in [3.05, 3.63) is 47.2 Å². The average molecular weight is 289 g/mol. The fraction of sp³-hybridized carbons (Fsp3) is 0.333. The van der Waals surface area contributed by atoms with Crippen LogP contribution in [0.2, 0.25) is 5.02 Å². The second kappa shape index (κ2) is 5.67. The molecule has 3 rings (SSSR count). The summed E-state index contributed by atoms with van der Waals surface area (Å²) >= 11 is 6.10. The number of anilines is 2. The summed E-state index contributed by atoms with van der Waals surface area (Å²) in [5.74, 6) is 0.815. The van der Waals surface area contributed by atoms with Gasteiger partial charge in [0.1, 0.15) is 0 Å². The maximum Gasteiger partial charge on any atom is 0.225 e. The van der Waals surface area contributed by atoms with Crippen molar-refractivity contribution in [2.24, 2.45) is 0 Å². The molecule has 20 heavy (non-hydrogen) atoms. The zero-order chi connectivity index (χ0) is 13.9. The summed E-state index contributed by atoms with van der Waals surface area (Å²) in [7, 11) is 0. The normalized spacial score (nSPS) is 15.5. The van der Waals surface area contributed by atoms with Crippen molar-refractivity contribution in [2.75, 3.05) is 36.0 Å². The first-order valence-corrected chi connectivity index (χ1v) is 7.15. The molecule has 1 aliphatic heterocycles. The van der Waals surface area contributed by atoms with Gasteiger partial charge in [-0.15, -0.1) is 0 Å². The van der Waals surface area contributed by atoms with Gasteiger partial charge in [-0.3, -0.25) is 0 Å². The highest BCUT2D eigenvalue weighted by molar-refractivity contribution is 6.30. The van der Waals surface area contributed by atoms with Crippen molar-refractivity contribution in [2.45, 2.75) is 6.92 Å². The number of aromatic nitrogens is 2. The van der Waals surface area contributed by atoms with Crippen LogP contribution >= 0.6 is 11.6 Å². The summed E-state index contributed by atoms with van der Waals surface area (Å²) < 4.78 is 0. The van der Waals surface area contributed by atoms with Gasteiger partial charge in [0.2, 0.25) is 5.95 Å². The zero-order valence-corrected chi connectivity index (χ0v) is 12.2. The lowest BCUT2D eigenvalue weighted by Gasteiger charge is -2.36. The highest BCUT2D eigenvalue weighted by atomic mass is 35.5. The van der Waals surface area contributed by atoms with Crippen LogP contribution in [-0.2, 0) is 0 Å². The van der Waals surface area contributed by atoms with Crippen LogP contribution in [0, 0.1) is 6.92 Å². The Hall–Kier alpha value is -1.81. The molecule has 0 N–H and O–H groups in total. The first kappa shape index (κ1) is 13.2. The van der Waals surface area contributed by atoms with E-state index < -0.39 is 0 Å². The van der Waals surface area contributed by atoms with Crippen LogP contribution < -0.4 is 9.80 Å². The number of halogens is 1. The summed E-state index contributed by atoms with van der Waals surface area (Å²) in [5, 5.41) is 0.791. The van der Waals surface area contributed by atoms with Gasteiger partial charge >= 0.3 is 0 Å². The molecule has 0 radical (unpaired) electrons. The van der Waals surface area contributed by atoms with Crippen molar-refractivity contribution in [1.29, 1.82) is 0 Å². The monoisotopic (exact) mass is 288 g/mol. The SMILES string of the molecule is Cc1ccc(Cl)cc1N1CCN(c2ncccn2)CC1. The van der Waals surface area contributed by atoms with Crippen molar-refractivity contribution in [3.63, 3.8) is 0 Å². The maximum atomic E-state index is 6.10. The van der Waals surface area contributed by atoms with E-state index in [0.29, 0.717) is 0 Å². The van der Waals surface area contributed by atoms with E-state index in [1.54, 1.807) is 12.4 Å². The van der Waals surface area contributed by atoms with Crippen molar-refractivity contribution in [3.8, 4) is 0 Å². The molecule has 0 bridgehead atoms. The Balaban J connectivity index is 1.71. The lowest BCUT2D eigenvalue weighted by atomic mass is 10.1. The van der Waals surface area contributed by atoms with Gasteiger partial charge in [-0.05, 0) is 30.7 Å². The van der Waals surface area contributed by atoms with E-state index in [1.807, 2.05) is 18.2 Å². The fourth-order valence-electron chi connectivity index (χ4n) is 2.53. The third-order valence-corrected chi connectivity index (χ3v) is 3.86. The van der Waals surface area contributed by atoms with Gasteiger partial charge in [-0.25, -0.2) is 9.97 Å². The Labute approximate surface area is 124 Å². The molecule has 1 aromatic carbocycles. The minimum absolute atomic E-state index is 0.791. The van der Waals surface area contributed by atoms with Gasteiger partial charge in [0.05, 0.1) is 0 Å². The first-order chi connectivity index (χ1) is 9.74. The van der Waals surface area contributed by atoms with Crippen molar-refractivity contribution in [1.82, 2.24) is 9.97 Å². The molecule has 104 valence electrons. The minimum Gasteiger partial charge on any atom is -0.368 e. The summed E-state index contributed by atoms with van der Waals surface area (Å²) in [6.07, 6.45) is 3.58. The number of benzene rings is 1. The van der Waals surface area contributed by atoms with Crippen LogP contribution in [0.3, 0.4) is 0 Å². The standard InChI is InChI=1S/C15H17ClN4/c1-12-3-4-13(16)11-14(12)19-7-9-20(10-8-19)15-17-5-2-6-18-15/h2-6,11H,7-10H2,1H3. The summed E-state index contributed by atoms with van der Waals surface area (Å²) in [6, 6.07) is 7.90. The van der Waals surface area contributed by atoms with E-state index in [-0.39, 0.29) is 0 Å². The van der Waals surface area contributed by atoms with Gasteiger partial charge in [0, 0.05) is 49.3 Å². The second-order valence-corrected chi connectivity index (χ2v) is 5.39.